The fraction of sp³-hybridized carbons (Fsp3) is 1.00. The van der Waals surface area contributed by atoms with Gasteiger partial charge in [-0.05, 0) is 25.7 Å². The van der Waals surface area contributed by atoms with E-state index < -0.39 is 0 Å². The lowest BCUT2D eigenvalue weighted by molar-refractivity contribution is 0.125. The first-order valence-corrected chi connectivity index (χ1v) is 8.21. The molecule has 0 atom stereocenters. The van der Waals surface area contributed by atoms with E-state index >= 15 is 0 Å². The SMILES string of the molecule is OCCCCCCCCOCCCCCCCCO. The summed E-state index contributed by atoms with van der Waals surface area (Å²) in [6, 6.07) is 0. The summed E-state index contributed by atoms with van der Waals surface area (Å²) in [5.41, 5.74) is 0. The molecule has 0 spiro atoms. The second-order valence-corrected chi connectivity index (χ2v) is 5.30. The Bertz CT molecular complexity index is 135. The Kier molecular flexibility index (Phi) is 17.8. The van der Waals surface area contributed by atoms with Crippen molar-refractivity contribution >= 4 is 0 Å². The van der Waals surface area contributed by atoms with E-state index in [0.717, 1.165) is 38.9 Å². The Balaban J connectivity index is 2.88. The zero-order valence-corrected chi connectivity index (χ0v) is 12.6. The maximum Gasteiger partial charge on any atom is 0.0466 e. The average Bonchev–Trinajstić information content (AvgIpc) is 2.43. The molecule has 0 saturated carbocycles. The van der Waals surface area contributed by atoms with Crippen LogP contribution in [-0.4, -0.2) is 36.6 Å². The van der Waals surface area contributed by atoms with E-state index in [0.29, 0.717) is 13.2 Å². The highest BCUT2D eigenvalue weighted by molar-refractivity contribution is 4.46. The maximum atomic E-state index is 8.64. The molecule has 3 nitrogen and oxygen atoms in total. The first-order valence-electron chi connectivity index (χ1n) is 8.21. The van der Waals surface area contributed by atoms with Crippen LogP contribution in [0, 0.1) is 0 Å². The van der Waals surface area contributed by atoms with Crippen molar-refractivity contribution in [2.24, 2.45) is 0 Å². The van der Waals surface area contributed by atoms with Crippen molar-refractivity contribution in [3.8, 4) is 0 Å². The third-order valence-corrected chi connectivity index (χ3v) is 3.39. The van der Waals surface area contributed by atoms with E-state index in [1.165, 1.54) is 51.4 Å². The van der Waals surface area contributed by atoms with Crippen LogP contribution in [0.3, 0.4) is 0 Å². The second-order valence-electron chi connectivity index (χ2n) is 5.30. The van der Waals surface area contributed by atoms with E-state index in [2.05, 4.69) is 0 Å². The van der Waals surface area contributed by atoms with Crippen LogP contribution in [-0.2, 0) is 4.74 Å². The lowest BCUT2D eigenvalue weighted by atomic mass is 10.1. The number of hydrogen-bond acceptors (Lipinski definition) is 3. The minimum absolute atomic E-state index is 0.336. The van der Waals surface area contributed by atoms with Gasteiger partial charge in [-0.2, -0.15) is 0 Å². The Morgan fingerprint density at radius 1 is 0.421 bits per heavy atom. The van der Waals surface area contributed by atoms with Crippen molar-refractivity contribution < 1.29 is 14.9 Å². The van der Waals surface area contributed by atoms with Gasteiger partial charge in [0.2, 0.25) is 0 Å². The summed E-state index contributed by atoms with van der Waals surface area (Å²) in [5.74, 6) is 0. The number of unbranched alkanes of at least 4 members (excludes halogenated alkanes) is 10. The Morgan fingerprint density at radius 3 is 1.11 bits per heavy atom. The molecule has 0 aliphatic heterocycles. The van der Waals surface area contributed by atoms with E-state index in [4.69, 9.17) is 14.9 Å². The average molecular weight is 274 g/mol. The van der Waals surface area contributed by atoms with Crippen LogP contribution in [0.4, 0.5) is 0 Å². The molecule has 2 N–H and O–H groups in total. The molecular formula is C16H34O3. The molecule has 116 valence electrons. The van der Waals surface area contributed by atoms with Crippen LogP contribution in [0.1, 0.15) is 77.0 Å². The molecule has 0 heterocycles. The van der Waals surface area contributed by atoms with Crippen molar-refractivity contribution in [3.05, 3.63) is 0 Å². The van der Waals surface area contributed by atoms with Crippen molar-refractivity contribution in [3.63, 3.8) is 0 Å². The molecule has 0 aliphatic carbocycles. The highest BCUT2D eigenvalue weighted by atomic mass is 16.5. The summed E-state index contributed by atoms with van der Waals surface area (Å²) >= 11 is 0. The minimum atomic E-state index is 0.336. The fourth-order valence-corrected chi connectivity index (χ4v) is 2.15. The van der Waals surface area contributed by atoms with Gasteiger partial charge in [0.25, 0.3) is 0 Å². The molecule has 0 rings (SSSR count). The van der Waals surface area contributed by atoms with Crippen LogP contribution >= 0.6 is 0 Å². The predicted molar refractivity (Wildman–Crippen MR) is 80.4 cm³/mol. The molecule has 0 aromatic rings. The molecule has 0 saturated heterocycles. The molecule has 19 heavy (non-hydrogen) atoms. The monoisotopic (exact) mass is 274 g/mol. The van der Waals surface area contributed by atoms with Gasteiger partial charge in [-0.15, -0.1) is 0 Å². The van der Waals surface area contributed by atoms with Gasteiger partial charge >= 0.3 is 0 Å². The summed E-state index contributed by atoms with van der Waals surface area (Å²) in [7, 11) is 0. The van der Waals surface area contributed by atoms with Crippen LogP contribution in [0.15, 0.2) is 0 Å². The summed E-state index contributed by atoms with van der Waals surface area (Å²) in [6.45, 7) is 2.49. The largest absolute Gasteiger partial charge is 0.396 e. The van der Waals surface area contributed by atoms with E-state index in [1.54, 1.807) is 0 Å². The van der Waals surface area contributed by atoms with Crippen molar-refractivity contribution in [2.45, 2.75) is 77.0 Å². The van der Waals surface area contributed by atoms with Gasteiger partial charge in [-0.25, -0.2) is 0 Å². The van der Waals surface area contributed by atoms with Crippen LogP contribution in [0.2, 0.25) is 0 Å². The topological polar surface area (TPSA) is 49.7 Å². The summed E-state index contributed by atoms with van der Waals surface area (Å²) in [4.78, 5) is 0. The molecule has 0 unspecified atom stereocenters. The number of hydrogen-bond donors (Lipinski definition) is 2. The highest BCUT2D eigenvalue weighted by Crippen LogP contribution is 2.07. The molecule has 0 bridgehead atoms. The lowest BCUT2D eigenvalue weighted by Gasteiger charge is -2.04. The smallest absolute Gasteiger partial charge is 0.0466 e. The van der Waals surface area contributed by atoms with Gasteiger partial charge < -0.3 is 14.9 Å². The molecule has 0 aromatic carbocycles. The molecule has 3 heteroatoms. The normalized spacial score (nSPS) is 11.1. The number of ether oxygens (including phenoxy) is 1. The van der Waals surface area contributed by atoms with Crippen molar-refractivity contribution in [1.29, 1.82) is 0 Å². The molecule has 0 amide bonds. The lowest BCUT2D eigenvalue weighted by Crippen LogP contribution is -1.97. The highest BCUT2D eigenvalue weighted by Gasteiger charge is 1.93. The van der Waals surface area contributed by atoms with Crippen LogP contribution in [0.25, 0.3) is 0 Å². The fourth-order valence-electron chi connectivity index (χ4n) is 2.15. The van der Waals surface area contributed by atoms with Gasteiger partial charge in [0.05, 0.1) is 0 Å². The van der Waals surface area contributed by atoms with Crippen molar-refractivity contribution in [1.82, 2.24) is 0 Å². The Hall–Kier alpha value is -0.120. The van der Waals surface area contributed by atoms with Gasteiger partial charge in [-0.1, -0.05) is 51.4 Å². The number of rotatable bonds is 16. The zero-order chi connectivity index (χ0) is 14.0. The summed E-state index contributed by atoms with van der Waals surface area (Å²) in [6.07, 6.45) is 14.1. The quantitative estimate of drug-likeness (QED) is 0.422. The molecule has 0 radical (unpaired) electrons. The zero-order valence-electron chi connectivity index (χ0n) is 12.6. The predicted octanol–water partition coefficient (Wildman–Crippen LogP) is 3.67. The molecule has 0 fully saturated rings. The summed E-state index contributed by atoms with van der Waals surface area (Å²) in [5, 5.41) is 17.3. The first kappa shape index (κ1) is 18.9. The third kappa shape index (κ3) is 17.9. The second kappa shape index (κ2) is 17.9. The molecule has 0 aromatic heterocycles. The standard InChI is InChI=1S/C16H34O3/c17-13-9-5-1-3-7-11-15-19-16-12-8-4-2-6-10-14-18/h17-18H,1-16H2. The minimum Gasteiger partial charge on any atom is -0.396 e. The van der Waals surface area contributed by atoms with E-state index in [9.17, 15) is 0 Å². The van der Waals surface area contributed by atoms with Crippen LogP contribution < -0.4 is 0 Å². The van der Waals surface area contributed by atoms with Gasteiger partial charge in [-0.3, -0.25) is 0 Å². The Morgan fingerprint density at radius 2 is 0.737 bits per heavy atom. The van der Waals surface area contributed by atoms with Gasteiger partial charge in [0.15, 0.2) is 0 Å². The molecular weight excluding hydrogens is 240 g/mol. The Labute approximate surface area is 119 Å². The number of aliphatic hydroxyl groups is 2. The van der Waals surface area contributed by atoms with E-state index in [1.807, 2.05) is 0 Å². The van der Waals surface area contributed by atoms with Gasteiger partial charge in [0.1, 0.15) is 0 Å². The summed E-state index contributed by atoms with van der Waals surface area (Å²) < 4.78 is 5.61. The third-order valence-electron chi connectivity index (χ3n) is 3.39. The molecule has 0 aliphatic rings. The maximum absolute atomic E-state index is 8.64. The van der Waals surface area contributed by atoms with Crippen molar-refractivity contribution in [2.75, 3.05) is 26.4 Å². The number of aliphatic hydroxyl groups excluding tert-OH is 2. The van der Waals surface area contributed by atoms with Gasteiger partial charge in [0, 0.05) is 26.4 Å². The van der Waals surface area contributed by atoms with Crippen LogP contribution in [0.5, 0.6) is 0 Å². The van der Waals surface area contributed by atoms with E-state index in [-0.39, 0.29) is 0 Å². The first-order chi connectivity index (χ1) is 9.41.